The van der Waals surface area contributed by atoms with E-state index < -0.39 is 4.75 Å². The summed E-state index contributed by atoms with van der Waals surface area (Å²) >= 11 is 8.63. The van der Waals surface area contributed by atoms with Gasteiger partial charge in [0.05, 0.1) is 0 Å². The van der Waals surface area contributed by atoms with Crippen LogP contribution in [0.3, 0.4) is 0 Å². The Balaban J connectivity index is 2.08. The topological polar surface area (TPSA) is 26.3 Å². The van der Waals surface area contributed by atoms with Gasteiger partial charge < -0.3 is 4.74 Å². The summed E-state index contributed by atoms with van der Waals surface area (Å²) in [5, 5.41) is 0. The highest BCUT2D eigenvalue weighted by Crippen LogP contribution is 2.32. The van der Waals surface area contributed by atoms with E-state index in [1.807, 2.05) is 44.2 Å². The number of ether oxygens (including phenoxy) is 1. The van der Waals surface area contributed by atoms with Crippen LogP contribution in [0.15, 0.2) is 30.3 Å². The molecule has 164 valence electrons. The molecule has 0 bridgehead atoms. The largest absolute Gasteiger partial charge is 0.460 e. The number of unbranched alkanes of at least 4 members (excludes halogenated alkanes) is 9. The maximum atomic E-state index is 12.4. The van der Waals surface area contributed by atoms with Crippen molar-refractivity contribution in [1.82, 2.24) is 0 Å². The third-order valence-corrected chi connectivity index (χ3v) is 7.54. The number of carbonyl (C=O) groups excluding carboxylic acids is 1. The fourth-order valence-electron chi connectivity index (χ4n) is 2.92. The maximum Gasteiger partial charge on any atom is 0.322 e. The van der Waals surface area contributed by atoms with Gasteiger partial charge in [0.25, 0.3) is 0 Å². The molecular weight excluding hydrogens is 416 g/mol. The van der Waals surface area contributed by atoms with Gasteiger partial charge in [0.15, 0.2) is 0 Å². The van der Waals surface area contributed by atoms with Gasteiger partial charge >= 0.3 is 5.97 Å². The van der Waals surface area contributed by atoms with Gasteiger partial charge in [0, 0.05) is 0 Å². The Morgan fingerprint density at radius 3 is 2.07 bits per heavy atom. The quantitative estimate of drug-likeness (QED) is 0.151. The zero-order valence-corrected chi connectivity index (χ0v) is 20.9. The number of hydrogen-bond acceptors (Lipinski definition) is 5. The number of rotatable bonds is 15. The van der Waals surface area contributed by atoms with Crippen LogP contribution >= 0.6 is 35.7 Å². The number of benzene rings is 1. The van der Waals surface area contributed by atoms with E-state index >= 15 is 0 Å². The maximum absolute atomic E-state index is 12.4. The molecule has 0 aliphatic carbocycles. The second kappa shape index (κ2) is 16.2. The Hall–Kier alpha value is -0.520. The molecule has 2 nitrogen and oxygen atoms in total. The van der Waals surface area contributed by atoms with Crippen molar-refractivity contribution in [3.05, 3.63) is 35.9 Å². The Labute approximate surface area is 192 Å². The molecule has 1 rings (SSSR count). The van der Waals surface area contributed by atoms with Gasteiger partial charge in [0.2, 0.25) is 0 Å². The summed E-state index contributed by atoms with van der Waals surface area (Å²) in [6.07, 6.45) is 13.4. The first-order valence-corrected chi connectivity index (χ1v) is 13.2. The third-order valence-electron chi connectivity index (χ3n) is 4.76. The van der Waals surface area contributed by atoms with E-state index in [-0.39, 0.29) is 5.97 Å². The van der Waals surface area contributed by atoms with Crippen molar-refractivity contribution in [2.75, 3.05) is 5.75 Å². The zero-order chi connectivity index (χ0) is 21.4. The average Bonchev–Trinajstić information content (AvgIpc) is 2.70. The van der Waals surface area contributed by atoms with E-state index in [1.165, 1.54) is 76.0 Å². The summed E-state index contributed by atoms with van der Waals surface area (Å²) in [7, 11) is 0. The average molecular weight is 455 g/mol. The molecule has 5 heteroatoms. The standard InChI is InChI=1S/C24H38O2S3/c1-4-5-6-7-8-9-10-11-12-16-19-28-23(27)29-24(2,3)22(25)26-20-21-17-14-13-15-18-21/h13-15,17-18H,4-12,16,19-20H2,1-3H3. The van der Waals surface area contributed by atoms with Crippen molar-refractivity contribution in [3.63, 3.8) is 0 Å². The molecule has 0 aromatic heterocycles. The molecule has 0 saturated carbocycles. The molecule has 0 N–H and O–H groups in total. The molecule has 0 aliphatic heterocycles. The number of esters is 1. The molecule has 0 saturated heterocycles. The molecule has 1 aromatic carbocycles. The van der Waals surface area contributed by atoms with Gasteiger partial charge in [0.1, 0.15) is 14.9 Å². The highest BCUT2D eigenvalue weighted by Gasteiger charge is 2.31. The first kappa shape index (κ1) is 26.5. The van der Waals surface area contributed by atoms with Crippen LogP contribution in [0.1, 0.15) is 90.5 Å². The fourth-order valence-corrected chi connectivity index (χ4v) is 5.98. The van der Waals surface area contributed by atoms with Crippen molar-refractivity contribution in [3.8, 4) is 0 Å². The fraction of sp³-hybridized carbons (Fsp3) is 0.667. The molecule has 0 spiro atoms. The highest BCUT2D eigenvalue weighted by molar-refractivity contribution is 8.47. The van der Waals surface area contributed by atoms with E-state index in [0.717, 1.165) is 14.8 Å². The van der Waals surface area contributed by atoms with Crippen LogP contribution in [0.2, 0.25) is 0 Å². The summed E-state index contributed by atoms with van der Waals surface area (Å²) in [6.45, 7) is 6.35. The molecule has 29 heavy (non-hydrogen) atoms. The van der Waals surface area contributed by atoms with E-state index in [4.69, 9.17) is 17.0 Å². The second-order valence-corrected chi connectivity index (χ2v) is 11.9. The minimum absolute atomic E-state index is 0.215. The van der Waals surface area contributed by atoms with Gasteiger partial charge in [-0.1, -0.05) is 119 Å². The van der Waals surface area contributed by atoms with Crippen molar-refractivity contribution in [2.45, 2.75) is 96.3 Å². The lowest BCUT2D eigenvalue weighted by Crippen LogP contribution is -2.30. The van der Waals surface area contributed by atoms with Gasteiger partial charge in [-0.2, -0.15) is 0 Å². The van der Waals surface area contributed by atoms with Gasteiger partial charge in [-0.3, -0.25) is 4.79 Å². The third kappa shape index (κ3) is 13.4. The first-order valence-electron chi connectivity index (χ1n) is 11.0. The SMILES string of the molecule is CCCCCCCCCCCCSC(=S)SC(C)(C)C(=O)OCc1ccccc1. The molecule has 0 atom stereocenters. The Bertz CT molecular complexity index is 573. The predicted molar refractivity (Wildman–Crippen MR) is 135 cm³/mol. The predicted octanol–water partition coefficient (Wildman–Crippen LogP) is 8.18. The normalized spacial score (nSPS) is 11.4. The van der Waals surface area contributed by atoms with Crippen molar-refractivity contribution in [2.24, 2.45) is 0 Å². The number of thiocarbonyl (C=S) groups is 1. The van der Waals surface area contributed by atoms with Gasteiger partial charge in [-0.25, -0.2) is 0 Å². The number of thioether (sulfide) groups is 2. The molecule has 0 aliphatic rings. The van der Waals surface area contributed by atoms with Crippen molar-refractivity contribution in [1.29, 1.82) is 0 Å². The Morgan fingerprint density at radius 2 is 1.48 bits per heavy atom. The first-order chi connectivity index (χ1) is 14.0. The Morgan fingerprint density at radius 1 is 0.931 bits per heavy atom. The smallest absolute Gasteiger partial charge is 0.322 e. The van der Waals surface area contributed by atoms with Gasteiger partial charge in [-0.15, -0.1) is 11.8 Å². The Kier molecular flexibility index (Phi) is 14.8. The van der Waals surface area contributed by atoms with E-state index in [9.17, 15) is 4.79 Å². The van der Waals surface area contributed by atoms with E-state index in [2.05, 4.69) is 6.92 Å². The van der Waals surface area contributed by atoms with Crippen LogP contribution < -0.4 is 0 Å². The van der Waals surface area contributed by atoms with Crippen LogP contribution in [0.25, 0.3) is 0 Å². The summed E-state index contributed by atoms with van der Waals surface area (Å²) in [4.78, 5) is 12.4. The summed E-state index contributed by atoms with van der Waals surface area (Å²) in [6, 6.07) is 9.76. The van der Waals surface area contributed by atoms with Crippen molar-refractivity contribution < 1.29 is 9.53 Å². The van der Waals surface area contributed by atoms with E-state index in [0.29, 0.717) is 6.61 Å². The molecule has 1 aromatic rings. The number of carbonyl (C=O) groups is 1. The van der Waals surface area contributed by atoms with Crippen LogP contribution in [-0.2, 0) is 16.1 Å². The highest BCUT2D eigenvalue weighted by atomic mass is 32.2. The minimum atomic E-state index is -0.656. The lowest BCUT2D eigenvalue weighted by atomic mass is 10.1. The van der Waals surface area contributed by atoms with Crippen molar-refractivity contribution >= 4 is 45.2 Å². The molecule has 0 radical (unpaired) electrons. The van der Waals surface area contributed by atoms with Crippen LogP contribution in [0, 0.1) is 0 Å². The lowest BCUT2D eigenvalue weighted by molar-refractivity contribution is -0.146. The van der Waals surface area contributed by atoms with Crippen LogP contribution in [0.5, 0.6) is 0 Å². The number of hydrogen-bond donors (Lipinski definition) is 0. The lowest BCUT2D eigenvalue weighted by Gasteiger charge is -2.22. The minimum Gasteiger partial charge on any atom is -0.460 e. The summed E-state index contributed by atoms with van der Waals surface area (Å²) < 4.78 is 5.66. The van der Waals surface area contributed by atoms with E-state index in [1.54, 1.807) is 11.8 Å². The molecular formula is C24H38O2S3. The molecule has 0 heterocycles. The molecule has 0 fully saturated rings. The summed E-state index contributed by atoms with van der Waals surface area (Å²) in [5.41, 5.74) is 1.000. The second-order valence-electron chi connectivity index (χ2n) is 7.95. The zero-order valence-electron chi connectivity index (χ0n) is 18.4. The van der Waals surface area contributed by atoms with Gasteiger partial charge in [-0.05, 0) is 31.6 Å². The molecule has 0 unspecified atom stereocenters. The van der Waals surface area contributed by atoms with Crippen LogP contribution in [0.4, 0.5) is 0 Å². The summed E-state index contributed by atoms with van der Waals surface area (Å²) in [5.74, 6) is 0.825. The molecule has 0 amide bonds. The van der Waals surface area contributed by atoms with Crippen LogP contribution in [-0.4, -0.2) is 20.0 Å². The monoisotopic (exact) mass is 454 g/mol.